The molecule has 1 saturated carbocycles. The molecule has 0 atom stereocenters. The molecule has 3 rings (SSSR count). The van der Waals surface area contributed by atoms with Crippen LogP contribution in [0.2, 0.25) is 4.34 Å². The third kappa shape index (κ3) is 3.88. The van der Waals surface area contributed by atoms with E-state index in [9.17, 15) is 0 Å². The molecule has 1 N–H and O–H groups in total. The first-order valence-electron chi connectivity index (χ1n) is 7.67. The lowest BCUT2D eigenvalue weighted by molar-refractivity contribution is 0.177. The van der Waals surface area contributed by atoms with Gasteiger partial charge in [0, 0.05) is 12.1 Å². The van der Waals surface area contributed by atoms with Gasteiger partial charge in [-0.25, -0.2) is 4.98 Å². The van der Waals surface area contributed by atoms with Gasteiger partial charge in [0.1, 0.15) is 10.2 Å². The first kappa shape index (κ1) is 15.5. The van der Waals surface area contributed by atoms with Gasteiger partial charge in [-0.2, -0.15) is 11.8 Å². The van der Waals surface area contributed by atoms with Gasteiger partial charge in [0.25, 0.3) is 0 Å². The van der Waals surface area contributed by atoms with Crippen LogP contribution in [0.1, 0.15) is 38.5 Å². The summed E-state index contributed by atoms with van der Waals surface area (Å²) in [6.07, 6.45) is 9.50. The number of hydrogen-bond acceptors (Lipinski definition) is 5. The molecule has 2 fully saturated rings. The normalized spacial score (nSPS) is 20.6. The molecule has 21 heavy (non-hydrogen) atoms. The lowest BCUT2D eigenvalue weighted by Crippen LogP contribution is -2.44. The highest BCUT2D eigenvalue weighted by atomic mass is 35.5. The molecule has 6 heteroatoms. The average molecular weight is 344 g/mol. The molecule has 1 aliphatic heterocycles. The highest BCUT2D eigenvalue weighted by molar-refractivity contribution is 7.99. The van der Waals surface area contributed by atoms with E-state index < -0.39 is 0 Å². The minimum absolute atomic E-state index is 0.629. The fraction of sp³-hybridized carbons (Fsp3) is 0.667. The zero-order valence-electron chi connectivity index (χ0n) is 12.2. The second-order valence-electron chi connectivity index (χ2n) is 5.73. The zero-order valence-corrected chi connectivity index (χ0v) is 14.6. The Morgan fingerprint density at radius 3 is 2.52 bits per heavy atom. The van der Waals surface area contributed by atoms with Crippen LogP contribution in [0.5, 0.6) is 0 Å². The molecule has 1 aliphatic carbocycles. The van der Waals surface area contributed by atoms with E-state index in [2.05, 4.69) is 33.5 Å². The highest BCUT2D eigenvalue weighted by Gasteiger charge is 2.31. The van der Waals surface area contributed by atoms with Crippen molar-refractivity contribution in [3.05, 3.63) is 22.9 Å². The molecule has 1 saturated heterocycles. The predicted octanol–water partition coefficient (Wildman–Crippen LogP) is 4.82. The summed E-state index contributed by atoms with van der Waals surface area (Å²) >= 11 is 9.52. The molecule has 1 aromatic rings. The van der Waals surface area contributed by atoms with Crippen molar-refractivity contribution < 1.29 is 0 Å². The number of thioether (sulfide) groups is 1. The molecule has 2 aliphatic rings. The van der Waals surface area contributed by atoms with Gasteiger partial charge in [-0.1, -0.05) is 42.4 Å². The van der Waals surface area contributed by atoms with Crippen molar-refractivity contribution in [2.24, 2.45) is 0 Å². The van der Waals surface area contributed by atoms with Crippen molar-refractivity contribution in [2.45, 2.75) is 50.6 Å². The Bertz CT molecular complexity index is 479. The first-order valence-corrected chi connectivity index (χ1v) is 10.0. The van der Waals surface area contributed by atoms with Crippen LogP contribution in [0, 0.1) is 0 Å². The van der Waals surface area contributed by atoms with Crippen molar-refractivity contribution in [3.63, 3.8) is 0 Å². The van der Waals surface area contributed by atoms with E-state index >= 15 is 0 Å². The third-order valence-electron chi connectivity index (χ3n) is 4.34. The molecule has 3 nitrogen and oxygen atoms in total. The minimum Gasteiger partial charge on any atom is -0.353 e. The van der Waals surface area contributed by atoms with Gasteiger partial charge in [-0.15, -0.1) is 0 Å². The predicted molar refractivity (Wildman–Crippen MR) is 94.3 cm³/mol. The second-order valence-corrected chi connectivity index (χ2v) is 8.62. The number of nitrogens with zero attached hydrogens (tertiary/aromatic N) is 2. The largest absolute Gasteiger partial charge is 0.353 e. The molecule has 0 spiro atoms. The monoisotopic (exact) mass is 343 g/mol. The Balaban J connectivity index is 1.71. The van der Waals surface area contributed by atoms with Crippen LogP contribution in [0.25, 0.3) is 0 Å². The SMILES string of the molecule is C=C(Nc1ncc(Cl)s1)N(C1CCCC1)C1CCSCC1. The standard InChI is InChI=1S/C15H22ClN3S2/c1-11(18-15-17-10-14(16)21-15)19(12-4-2-3-5-12)13-6-8-20-9-7-13/h10,12-13H,1-9H2,(H,17,18). The summed E-state index contributed by atoms with van der Waals surface area (Å²) in [6.45, 7) is 4.31. The van der Waals surface area contributed by atoms with Gasteiger partial charge in [-0.05, 0) is 37.2 Å². The lowest BCUT2D eigenvalue weighted by Gasteiger charge is -2.41. The van der Waals surface area contributed by atoms with Crippen molar-refractivity contribution in [2.75, 3.05) is 16.8 Å². The van der Waals surface area contributed by atoms with Crippen molar-refractivity contribution in [1.29, 1.82) is 0 Å². The number of anilines is 1. The van der Waals surface area contributed by atoms with E-state index in [0.29, 0.717) is 16.4 Å². The van der Waals surface area contributed by atoms with Crippen LogP contribution in [-0.2, 0) is 0 Å². The van der Waals surface area contributed by atoms with Crippen molar-refractivity contribution in [1.82, 2.24) is 9.88 Å². The van der Waals surface area contributed by atoms with Crippen LogP contribution in [0.4, 0.5) is 5.13 Å². The van der Waals surface area contributed by atoms with E-state index in [1.54, 1.807) is 6.20 Å². The van der Waals surface area contributed by atoms with Gasteiger partial charge in [0.2, 0.25) is 0 Å². The topological polar surface area (TPSA) is 28.2 Å². The van der Waals surface area contributed by atoms with Gasteiger partial charge < -0.3 is 10.2 Å². The molecular formula is C15H22ClN3S2. The molecular weight excluding hydrogens is 322 g/mol. The average Bonchev–Trinajstić information content (AvgIpc) is 3.13. The van der Waals surface area contributed by atoms with E-state index in [-0.39, 0.29) is 0 Å². The summed E-state index contributed by atoms with van der Waals surface area (Å²) in [6, 6.07) is 1.28. The van der Waals surface area contributed by atoms with E-state index in [1.165, 1.54) is 61.4 Å². The molecule has 2 heterocycles. The van der Waals surface area contributed by atoms with Gasteiger partial charge in [-0.3, -0.25) is 0 Å². The number of rotatable bonds is 5. The van der Waals surface area contributed by atoms with Crippen LogP contribution < -0.4 is 5.32 Å². The maximum absolute atomic E-state index is 5.97. The summed E-state index contributed by atoms with van der Waals surface area (Å²) in [4.78, 5) is 6.85. The number of thiazole rings is 1. The maximum atomic E-state index is 5.97. The van der Waals surface area contributed by atoms with Crippen molar-refractivity contribution in [3.8, 4) is 0 Å². The fourth-order valence-electron chi connectivity index (χ4n) is 3.38. The van der Waals surface area contributed by atoms with E-state index in [1.807, 2.05) is 0 Å². The summed E-state index contributed by atoms with van der Waals surface area (Å²) in [5.41, 5.74) is 0. The molecule has 116 valence electrons. The second kappa shape index (κ2) is 7.25. The van der Waals surface area contributed by atoms with Gasteiger partial charge in [0.05, 0.1) is 6.20 Å². The van der Waals surface area contributed by atoms with Gasteiger partial charge in [0.15, 0.2) is 5.13 Å². The summed E-state index contributed by atoms with van der Waals surface area (Å²) in [7, 11) is 0. The lowest BCUT2D eigenvalue weighted by atomic mass is 10.1. The maximum Gasteiger partial charge on any atom is 0.189 e. The molecule has 0 bridgehead atoms. The van der Waals surface area contributed by atoms with E-state index in [4.69, 9.17) is 11.6 Å². The Kier molecular flexibility index (Phi) is 5.35. The zero-order chi connectivity index (χ0) is 14.7. The third-order valence-corrected chi connectivity index (χ3v) is 6.42. The van der Waals surface area contributed by atoms with E-state index in [0.717, 1.165) is 11.0 Å². The minimum atomic E-state index is 0.629. The first-order chi connectivity index (χ1) is 10.2. The highest BCUT2D eigenvalue weighted by Crippen LogP contribution is 2.33. The Labute approximate surface area is 140 Å². The molecule has 0 amide bonds. The smallest absolute Gasteiger partial charge is 0.189 e. The Morgan fingerprint density at radius 2 is 1.90 bits per heavy atom. The fourth-order valence-corrected chi connectivity index (χ4v) is 5.30. The van der Waals surface area contributed by atoms with Crippen LogP contribution in [-0.4, -0.2) is 33.5 Å². The molecule has 1 aromatic heterocycles. The van der Waals surface area contributed by atoms with Crippen molar-refractivity contribution >= 4 is 39.8 Å². The quantitative estimate of drug-likeness (QED) is 0.829. The summed E-state index contributed by atoms with van der Waals surface area (Å²) < 4.78 is 0.715. The summed E-state index contributed by atoms with van der Waals surface area (Å²) in [5.74, 6) is 3.54. The molecule has 0 aromatic carbocycles. The number of aromatic nitrogens is 1. The number of halogens is 1. The summed E-state index contributed by atoms with van der Waals surface area (Å²) in [5, 5.41) is 4.23. The van der Waals surface area contributed by atoms with Crippen LogP contribution >= 0.6 is 34.7 Å². The number of nitrogens with one attached hydrogen (secondary N) is 1. The number of hydrogen-bond donors (Lipinski definition) is 1. The Morgan fingerprint density at radius 1 is 1.24 bits per heavy atom. The Hall–Kier alpha value is -0.390. The van der Waals surface area contributed by atoms with Gasteiger partial charge >= 0.3 is 0 Å². The molecule has 0 unspecified atom stereocenters. The molecule has 0 radical (unpaired) electrons. The van der Waals surface area contributed by atoms with Crippen LogP contribution in [0.3, 0.4) is 0 Å². The van der Waals surface area contributed by atoms with Crippen LogP contribution in [0.15, 0.2) is 18.6 Å².